The molecule has 0 heterocycles. The van der Waals surface area contributed by atoms with Crippen LogP contribution in [0.15, 0.2) is 36.4 Å². The largest absolute Gasteiger partial charge is 0.394 e. The highest BCUT2D eigenvalue weighted by Gasteiger charge is 1.94. The lowest BCUT2D eigenvalue weighted by Crippen LogP contribution is -2.08. The lowest BCUT2D eigenvalue weighted by Gasteiger charge is -2.06. The van der Waals surface area contributed by atoms with E-state index >= 15 is 0 Å². The van der Waals surface area contributed by atoms with Crippen LogP contribution in [0.25, 0.3) is 6.08 Å². The van der Waals surface area contributed by atoms with E-state index in [0.29, 0.717) is 6.61 Å². The van der Waals surface area contributed by atoms with Gasteiger partial charge in [-0.2, -0.15) is 0 Å². The molecule has 0 fully saturated rings. The molecule has 1 N–H and O–H groups in total. The van der Waals surface area contributed by atoms with Crippen molar-refractivity contribution in [3.63, 3.8) is 0 Å². The molecule has 1 unspecified atom stereocenters. The van der Waals surface area contributed by atoms with Gasteiger partial charge in [0.1, 0.15) is 0 Å². The van der Waals surface area contributed by atoms with Crippen molar-refractivity contribution < 1.29 is 9.84 Å². The number of aliphatic hydroxyl groups is 1. The first kappa shape index (κ1) is 11.0. The van der Waals surface area contributed by atoms with E-state index in [4.69, 9.17) is 9.84 Å². The van der Waals surface area contributed by atoms with Gasteiger partial charge in [-0.25, -0.2) is 0 Å². The zero-order valence-electron chi connectivity index (χ0n) is 8.39. The minimum Gasteiger partial charge on any atom is -0.394 e. The first-order chi connectivity index (χ1) is 6.83. The van der Waals surface area contributed by atoms with Crippen molar-refractivity contribution in [2.45, 2.75) is 13.0 Å². The standard InChI is InChI=1S/C12H16O2/c1-11(14-10-9-13)7-8-12-5-3-2-4-6-12/h2-8,11,13H,9-10H2,1H3/b8-7+. The van der Waals surface area contributed by atoms with E-state index < -0.39 is 0 Å². The smallest absolute Gasteiger partial charge is 0.0732 e. The summed E-state index contributed by atoms with van der Waals surface area (Å²) in [6, 6.07) is 10.1. The van der Waals surface area contributed by atoms with E-state index in [9.17, 15) is 0 Å². The molecular weight excluding hydrogens is 176 g/mol. The number of rotatable bonds is 5. The SMILES string of the molecule is CC(/C=C/c1ccccc1)OCCO. The normalized spacial score (nSPS) is 13.3. The fourth-order valence-corrected chi connectivity index (χ4v) is 1.10. The molecule has 1 rings (SSSR count). The van der Waals surface area contributed by atoms with Crippen LogP contribution >= 0.6 is 0 Å². The van der Waals surface area contributed by atoms with E-state index in [1.54, 1.807) is 0 Å². The molecule has 1 aromatic carbocycles. The lowest BCUT2D eigenvalue weighted by atomic mass is 10.2. The summed E-state index contributed by atoms with van der Waals surface area (Å²) in [5, 5.41) is 8.55. The van der Waals surface area contributed by atoms with Gasteiger partial charge in [0.2, 0.25) is 0 Å². The topological polar surface area (TPSA) is 29.5 Å². The van der Waals surface area contributed by atoms with Crippen LogP contribution in [0.1, 0.15) is 12.5 Å². The van der Waals surface area contributed by atoms with Gasteiger partial charge in [0.05, 0.1) is 19.3 Å². The van der Waals surface area contributed by atoms with Crippen LogP contribution in [-0.2, 0) is 4.74 Å². The fraction of sp³-hybridized carbons (Fsp3) is 0.333. The van der Waals surface area contributed by atoms with Crippen LogP contribution in [0.3, 0.4) is 0 Å². The van der Waals surface area contributed by atoms with Crippen molar-refractivity contribution in [1.82, 2.24) is 0 Å². The first-order valence-corrected chi connectivity index (χ1v) is 4.78. The Morgan fingerprint density at radius 2 is 2.07 bits per heavy atom. The van der Waals surface area contributed by atoms with Crippen LogP contribution < -0.4 is 0 Å². The third kappa shape index (κ3) is 4.21. The number of benzene rings is 1. The molecule has 0 aliphatic carbocycles. The van der Waals surface area contributed by atoms with E-state index in [1.165, 1.54) is 0 Å². The predicted octanol–water partition coefficient (Wildman–Crippen LogP) is 2.10. The van der Waals surface area contributed by atoms with Crippen molar-refractivity contribution in [3.8, 4) is 0 Å². The summed E-state index contributed by atoms with van der Waals surface area (Å²) in [5.41, 5.74) is 1.16. The number of aliphatic hydroxyl groups excluding tert-OH is 1. The van der Waals surface area contributed by atoms with Gasteiger partial charge in [0.15, 0.2) is 0 Å². The average Bonchev–Trinajstić information content (AvgIpc) is 2.25. The molecule has 0 saturated heterocycles. The molecule has 0 bridgehead atoms. The van der Waals surface area contributed by atoms with Gasteiger partial charge in [-0.15, -0.1) is 0 Å². The molecule has 0 aliphatic heterocycles. The molecule has 1 aromatic rings. The molecule has 76 valence electrons. The second-order valence-electron chi connectivity index (χ2n) is 3.07. The number of hydrogen-bond acceptors (Lipinski definition) is 2. The van der Waals surface area contributed by atoms with Crippen LogP contribution in [0.2, 0.25) is 0 Å². The molecule has 0 radical (unpaired) electrons. The first-order valence-electron chi connectivity index (χ1n) is 4.78. The maximum absolute atomic E-state index is 8.55. The Hall–Kier alpha value is -1.12. The Balaban J connectivity index is 2.39. The van der Waals surface area contributed by atoms with Gasteiger partial charge >= 0.3 is 0 Å². The second-order valence-corrected chi connectivity index (χ2v) is 3.07. The molecule has 0 amide bonds. The van der Waals surface area contributed by atoms with Crippen LogP contribution in [0.4, 0.5) is 0 Å². The van der Waals surface area contributed by atoms with E-state index in [1.807, 2.05) is 49.4 Å². The summed E-state index contributed by atoms with van der Waals surface area (Å²) in [4.78, 5) is 0. The van der Waals surface area contributed by atoms with Crippen LogP contribution in [0, 0.1) is 0 Å². The van der Waals surface area contributed by atoms with E-state index in [0.717, 1.165) is 5.56 Å². The minimum atomic E-state index is 0.0438. The Morgan fingerprint density at radius 3 is 2.71 bits per heavy atom. The molecular formula is C12H16O2. The third-order valence-electron chi connectivity index (χ3n) is 1.83. The van der Waals surface area contributed by atoms with Crippen molar-refractivity contribution in [2.24, 2.45) is 0 Å². The van der Waals surface area contributed by atoms with Crippen LogP contribution in [-0.4, -0.2) is 24.4 Å². The highest BCUT2D eigenvalue weighted by atomic mass is 16.5. The maximum Gasteiger partial charge on any atom is 0.0732 e. The number of hydrogen-bond donors (Lipinski definition) is 1. The van der Waals surface area contributed by atoms with Crippen molar-refractivity contribution in [2.75, 3.05) is 13.2 Å². The molecule has 2 nitrogen and oxygen atoms in total. The summed E-state index contributed by atoms with van der Waals surface area (Å²) >= 11 is 0. The third-order valence-corrected chi connectivity index (χ3v) is 1.83. The molecule has 1 atom stereocenters. The summed E-state index contributed by atoms with van der Waals surface area (Å²) in [7, 11) is 0. The quantitative estimate of drug-likeness (QED) is 0.774. The van der Waals surface area contributed by atoms with Gasteiger partial charge in [-0.3, -0.25) is 0 Å². The van der Waals surface area contributed by atoms with Gasteiger partial charge in [0, 0.05) is 0 Å². The Bertz CT molecular complexity index is 267. The molecule has 14 heavy (non-hydrogen) atoms. The van der Waals surface area contributed by atoms with Gasteiger partial charge in [-0.05, 0) is 12.5 Å². The fourth-order valence-electron chi connectivity index (χ4n) is 1.10. The van der Waals surface area contributed by atoms with Crippen LogP contribution in [0.5, 0.6) is 0 Å². The lowest BCUT2D eigenvalue weighted by molar-refractivity contribution is 0.0645. The minimum absolute atomic E-state index is 0.0438. The van der Waals surface area contributed by atoms with E-state index in [-0.39, 0.29) is 12.7 Å². The Kier molecular flexibility index (Phi) is 4.97. The highest BCUT2D eigenvalue weighted by Crippen LogP contribution is 2.03. The second kappa shape index (κ2) is 6.35. The van der Waals surface area contributed by atoms with Crippen molar-refractivity contribution in [1.29, 1.82) is 0 Å². The Labute approximate surface area is 84.8 Å². The predicted molar refractivity (Wildman–Crippen MR) is 58.0 cm³/mol. The van der Waals surface area contributed by atoms with Crippen molar-refractivity contribution >= 4 is 6.08 Å². The summed E-state index contributed by atoms with van der Waals surface area (Å²) in [6.07, 6.45) is 4.04. The summed E-state index contributed by atoms with van der Waals surface area (Å²) in [5.74, 6) is 0. The molecule has 0 aliphatic rings. The van der Waals surface area contributed by atoms with Gasteiger partial charge < -0.3 is 9.84 Å². The van der Waals surface area contributed by atoms with E-state index in [2.05, 4.69) is 0 Å². The van der Waals surface area contributed by atoms with Gasteiger partial charge in [-0.1, -0.05) is 42.5 Å². The zero-order chi connectivity index (χ0) is 10.2. The monoisotopic (exact) mass is 192 g/mol. The molecule has 2 heteroatoms. The summed E-state index contributed by atoms with van der Waals surface area (Å²) < 4.78 is 5.28. The molecule has 0 saturated carbocycles. The number of ether oxygens (including phenoxy) is 1. The summed E-state index contributed by atoms with van der Waals surface area (Å²) in [6.45, 7) is 2.42. The highest BCUT2D eigenvalue weighted by molar-refractivity contribution is 5.49. The zero-order valence-corrected chi connectivity index (χ0v) is 8.39. The van der Waals surface area contributed by atoms with Gasteiger partial charge in [0.25, 0.3) is 0 Å². The van der Waals surface area contributed by atoms with Crippen molar-refractivity contribution in [3.05, 3.63) is 42.0 Å². The molecule has 0 aromatic heterocycles. The maximum atomic E-state index is 8.55. The Morgan fingerprint density at radius 1 is 1.36 bits per heavy atom. The molecule has 0 spiro atoms. The average molecular weight is 192 g/mol.